The van der Waals surface area contributed by atoms with Crippen LogP contribution in [0, 0.1) is 0 Å². The van der Waals surface area contributed by atoms with Gasteiger partial charge in [0.2, 0.25) is 0 Å². The van der Waals surface area contributed by atoms with Gasteiger partial charge in [0.25, 0.3) is 0 Å². The van der Waals surface area contributed by atoms with Gasteiger partial charge in [0, 0.05) is 53.6 Å². The fourth-order valence-corrected chi connectivity index (χ4v) is 9.24. The minimum atomic E-state index is 1.06. The summed E-state index contributed by atoms with van der Waals surface area (Å²) in [6, 6.07) is 52.9. The number of hydrogen-bond donors (Lipinski definition) is 0. The van der Waals surface area contributed by atoms with E-state index >= 15 is 0 Å². The largest absolute Gasteiger partial charge is 0.310 e. The summed E-state index contributed by atoms with van der Waals surface area (Å²) in [7, 11) is 0. The molecular weight excluding hydrogens is 585 g/mol. The summed E-state index contributed by atoms with van der Waals surface area (Å²) in [6.45, 7) is 0. The Morgan fingerprint density at radius 3 is 2.18 bits per heavy atom. The molecule has 2 aromatic heterocycles. The van der Waals surface area contributed by atoms with Crippen LogP contribution in [0.2, 0.25) is 0 Å². The van der Waals surface area contributed by atoms with Crippen molar-refractivity contribution in [3.8, 4) is 32.3 Å². The molecule has 0 atom stereocenters. The van der Waals surface area contributed by atoms with E-state index in [1.165, 1.54) is 63.4 Å². The molecular formula is C41H24N2S2. The second kappa shape index (κ2) is 9.60. The Morgan fingerprint density at radius 1 is 0.489 bits per heavy atom. The van der Waals surface area contributed by atoms with Crippen molar-refractivity contribution in [2.24, 2.45) is 0 Å². The number of fused-ring (bicyclic) bond motifs is 7. The van der Waals surface area contributed by atoms with Crippen molar-refractivity contribution in [3.63, 3.8) is 0 Å². The van der Waals surface area contributed by atoms with Gasteiger partial charge in [-0.3, -0.25) is 0 Å². The van der Waals surface area contributed by atoms with Crippen LogP contribution in [0.1, 0.15) is 0 Å². The zero-order valence-corrected chi connectivity index (χ0v) is 25.7. The second-order valence-electron chi connectivity index (χ2n) is 11.6. The van der Waals surface area contributed by atoms with Crippen molar-refractivity contribution in [3.05, 3.63) is 146 Å². The molecule has 4 heteroatoms. The average Bonchev–Trinajstić information content (AvgIpc) is 3.78. The number of thiophene rings is 1. The molecule has 2 nitrogen and oxygen atoms in total. The second-order valence-corrected chi connectivity index (χ2v) is 13.7. The molecule has 0 N–H and O–H groups in total. The summed E-state index contributed by atoms with van der Waals surface area (Å²) in [6.07, 6.45) is 0. The third-order valence-corrected chi connectivity index (χ3v) is 11.3. The summed E-state index contributed by atoms with van der Waals surface area (Å²) < 4.78 is 2.61. The van der Waals surface area contributed by atoms with E-state index in [4.69, 9.17) is 4.98 Å². The van der Waals surface area contributed by atoms with Gasteiger partial charge in [-0.15, -0.1) is 22.7 Å². The van der Waals surface area contributed by atoms with Crippen molar-refractivity contribution in [1.29, 1.82) is 0 Å². The fraction of sp³-hybridized carbons (Fsp3) is 0. The van der Waals surface area contributed by atoms with Crippen LogP contribution >= 0.6 is 22.7 Å². The van der Waals surface area contributed by atoms with Gasteiger partial charge in [0.05, 0.1) is 16.3 Å². The van der Waals surface area contributed by atoms with E-state index in [-0.39, 0.29) is 0 Å². The van der Waals surface area contributed by atoms with Crippen molar-refractivity contribution in [2.75, 3.05) is 4.90 Å². The van der Waals surface area contributed by atoms with E-state index in [9.17, 15) is 0 Å². The molecule has 0 fully saturated rings. The molecule has 45 heavy (non-hydrogen) atoms. The maximum absolute atomic E-state index is 5.19. The highest BCUT2D eigenvalue weighted by molar-refractivity contribution is 7.25. The minimum Gasteiger partial charge on any atom is -0.310 e. The first-order valence-electron chi connectivity index (χ1n) is 15.1. The zero-order chi connectivity index (χ0) is 29.5. The van der Waals surface area contributed by atoms with Crippen molar-refractivity contribution < 1.29 is 0 Å². The van der Waals surface area contributed by atoms with Crippen LogP contribution in [0.25, 0.3) is 74.0 Å². The Kier molecular flexibility index (Phi) is 5.35. The molecule has 0 saturated heterocycles. The van der Waals surface area contributed by atoms with Gasteiger partial charge >= 0.3 is 0 Å². The molecule has 0 saturated carbocycles. The van der Waals surface area contributed by atoms with E-state index in [1.807, 2.05) is 11.3 Å². The Labute approximate surface area is 268 Å². The smallest absolute Gasteiger partial charge is 0.124 e. The van der Waals surface area contributed by atoms with Crippen LogP contribution in [-0.4, -0.2) is 4.98 Å². The standard InChI is InChI=1S/C41H24N2S2/c1-2-11-26(12-3-1)41-42-39-33-17-8-14-27-22-29(23-34(38(27)33)40(39)45-41)43(35-18-9-13-25-10-4-5-15-30(25)35)28-20-21-32-31-16-6-7-19-36(31)44-37(32)24-28/h1-24H. The molecule has 0 unspecified atom stereocenters. The number of rotatable bonds is 4. The summed E-state index contributed by atoms with van der Waals surface area (Å²) in [4.78, 5) is 8.89. The average molecular weight is 609 g/mol. The molecule has 0 bridgehead atoms. The molecule has 9 aromatic rings. The highest BCUT2D eigenvalue weighted by Gasteiger charge is 2.28. The van der Waals surface area contributed by atoms with E-state index in [0.29, 0.717) is 0 Å². The third kappa shape index (κ3) is 3.77. The SMILES string of the molecule is c1ccc(-c2nc3c(s2)-c2cc(N(c4ccc5c(c4)sc4ccccc45)c4cccc5ccccc45)cc4cccc-3c24)cc1. The lowest BCUT2D eigenvalue weighted by atomic mass is 10.0. The summed E-state index contributed by atoms with van der Waals surface area (Å²) >= 11 is 3.66. The topological polar surface area (TPSA) is 16.1 Å². The zero-order valence-electron chi connectivity index (χ0n) is 24.1. The van der Waals surface area contributed by atoms with Gasteiger partial charge in [-0.2, -0.15) is 0 Å². The number of aromatic nitrogens is 1. The molecule has 1 aliphatic rings. The summed E-state index contributed by atoms with van der Waals surface area (Å²) in [5, 5.41) is 8.68. The maximum atomic E-state index is 5.19. The van der Waals surface area contributed by atoms with Gasteiger partial charge in [-0.05, 0) is 52.6 Å². The number of benzene rings is 7. The molecule has 0 aliphatic heterocycles. The predicted octanol–water partition coefficient (Wildman–Crippen LogP) is 12.6. The third-order valence-electron chi connectivity index (χ3n) is 9.00. The van der Waals surface area contributed by atoms with E-state index < -0.39 is 0 Å². The molecule has 0 amide bonds. The Balaban J connectivity index is 1.23. The predicted molar refractivity (Wildman–Crippen MR) is 195 cm³/mol. The summed E-state index contributed by atoms with van der Waals surface area (Å²) in [5.74, 6) is 0. The van der Waals surface area contributed by atoms with E-state index in [2.05, 4.69) is 150 Å². The monoisotopic (exact) mass is 608 g/mol. The normalized spacial score (nSPS) is 12.0. The fourth-order valence-electron chi connectivity index (χ4n) is 6.99. The van der Waals surface area contributed by atoms with E-state index in [1.54, 1.807) is 11.3 Å². The quantitative estimate of drug-likeness (QED) is 0.198. The molecule has 210 valence electrons. The summed E-state index contributed by atoms with van der Waals surface area (Å²) in [5.41, 5.74) is 8.22. The molecule has 0 spiro atoms. The molecule has 7 aromatic carbocycles. The molecule has 10 rings (SSSR count). The number of thiazole rings is 1. The van der Waals surface area contributed by atoms with Crippen molar-refractivity contribution in [2.45, 2.75) is 0 Å². The van der Waals surface area contributed by atoms with Crippen LogP contribution in [0.5, 0.6) is 0 Å². The Hall–Kier alpha value is -5.29. The van der Waals surface area contributed by atoms with Crippen LogP contribution in [0.15, 0.2) is 146 Å². The lowest BCUT2D eigenvalue weighted by molar-refractivity contribution is 1.31. The Morgan fingerprint density at radius 2 is 1.24 bits per heavy atom. The number of anilines is 3. The van der Waals surface area contributed by atoms with Crippen LogP contribution in [-0.2, 0) is 0 Å². The van der Waals surface area contributed by atoms with Gasteiger partial charge in [-0.1, -0.05) is 109 Å². The van der Waals surface area contributed by atoms with Crippen molar-refractivity contribution in [1.82, 2.24) is 4.98 Å². The van der Waals surface area contributed by atoms with Gasteiger partial charge in [0.1, 0.15) is 5.01 Å². The van der Waals surface area contributed by atoms with Crippen LogP contribution in [0.4, 0.5) is 17.1 Å². The highest BCUT2D eigenvalue weighted by atomic mass is 32.1. The lowest BCUT2D eigenvalue weighted by Crippen LogP contribution is -2.10. The molecule has 1 aliphatic carbocycles. The van der Waals surface area contributed by atoms with E-state index in [0.717, 1.165) is 27.6 Å². The first kappa shape index (κ1) is 25.1. The van der Waals surface area contributed by atoms with Crippen molar-refractivity contribution >= 4 is 81.5 Å². The van der Waals surface area contributed by atoms with Gasteiger partial charge in [0.15, 0.2) is 0 Å². The number of hydrogen-bond acceptors (Lipinski definition) is 4. The molecule has 0 radical (unpaired) electrons. The Bertz CT molecular complexity index is 2610. The molecule has 2 heterocycles. The maximum Gasteiger partial charge on any atom is 0.124 e. The van der Waals surface area contributed by atoms with Crippen LogP contribution < -0.4 is 4.90 Å². The van der Waals surface area contributed by atoms with Gasteiger partial charge < -0.3 is 4.90 Å². The number of nitrogens with zero attached hydrogens (tertiary/aromatic N) is 2. The van der Waals surface area contributed by atoms with Gasteiger partial charge in [-0.25, -0.2) is 4.98 Å². The highest BCUT2D eigenvalue weighted by Crippen LogP contribution is 2.53. The lowest BCUT2D eigenvalue weighted by Gasteiger charge is -2.27. The first-order valence-corrected chi connectivity index (χ1v) is 16.8. The minimum absolute atomic E-state index is 1.06. The first-order chi connectivity index (χ1) is 22.3. The van der Waals surface area contributed by atoms with Crippen LogP contribution in [0.3, 0.4) is 0 Å².